The van der Waals surface area contributed by atoms with Crippen LogP contribution in [0.3, 0.4) is 0 Å². The fourth-order valence-corrected chi connectivity index (χ4v) is 1.77. The number of carboxylic acids is 1. The average Bonchev–Trinajstić information content (AvgIpc) is 2.47. The molecule has 134 valence electrons. The van der Waals surface area contributed by atoms with Crippen molar-refractivity contribution in [1.82, 2.24) is 9.88 Å². The molecular formula is C12H14F4N4O4. The molecule has 0 unspecified atom stereocenters. The number of likely N-dealkylation sites (N-methyl/N-ethyl adjacent to an activating group) is 1. The third kappa shape index (κ3) is 5.61. The minimum Gasteiger partial charge on any atom is -0.475 e. The fourth-order valence-electron chi connectivity index (χ4n) is 1.77. The zero-order chi connectivity index (χ0) is 18.5. The molecule has 1 N–H and O–H groups in total. The number of aliphatic carboxylic acids is 1. The van der Waals surface area contributed by atoms with Crippen molar-refractivity contribution in [1.29, 1.82) is 0 Å². The van der Waals surface area contributed by atoms with Crippen LogP contribution in [0, 0.1) is 16.1 Å². The Morgan fingerprint density at radius 1 is 1.29 bits per heavy atom. The first-order valence-corrected chi connectivity index (χ1v) is 6.57. The Kier molecular flexibility index (Phi) is 6.40. The molecule has 0 spiro atoms. The predicted octanol–water partition coefficient (Wildman–Crippen LogP) is 1.51. The van der Waals surface area contributed by atoms with Gasteiger partial charge in [-0.2, -0.15) is 22.5 Å². The minimum absolute atomic E-state index is 0.459. The summed E-state index contributed by atoms with van der Waals surface area (Å²) in [6, 6.07) is 2.66. The van der Waals surface area contributed by atoms with Gasteiger partial charge in [0.1, 0.15) is 5.82 Å². The van der Waals surface area contributed by atoms with Crippen molar-refractivity contribution in [2.24, 2.45) is 0 Å². The van der Waals surface area contributed by atoms with Crippen molar-refractivity contribution in [3.8, 4) is 0 Å². The lowest BCUT2D eigenvalue weighted by molar-refractivity contribution is -0.388. The van der Waals surface area contributed by atoms with Gasteiger partial charge in [0.25, 0.3) is 5.95 Å². The molecule has 1 fully saturated rings. The third-order valence-corrected chi connectivity index (χ3v) is 3.08. The van der Waals surface area contributed by atoms with Crippen LogP contribution in [-0.2, 0) is 4.79 Å². The van der Waals surface area contributed by atoms with Gasteiger partial charge in [-0.25, -0.2) is 4.79 Å². The topological polar surface area (TPSA) is 99.8 Å². The fraction of sp³-hybridized carbons (Fsp3) is 0.500. The Balaban J connectivity index is 0.000000351. The van der Waals surface area contributed by atoms with Crippen LogP contribution in [-0.4, -0.2) is 65.3 Å². The number of hydrogen-bond donors (Lipinski definition) is 1. The molecule has 0 saturated carbocycles. The van der Waals surface area contributed by atoms with Crippen molar-refractivity contribution in [2.45, 2.75) is 6.18 Å². The second-order valence-corrected chi connectivity index (χ2v) is 4.83. The van der Waals surface area contributed by atoms with E-state index in [4.69, 9.17) is 9.90 Å². The molecule has 1 aromatic rings. The van der Waals surface area contributed by atoms with Crippen LogP contribution in [0.25, 0.3) is 0 Å². The molecule has 1 aliphatic rings. The first-order valence-electron chi connectivity index (χ1n) is 6.57. The molecule has 2 rings (SSSR count). The molecule has 0 atom stereocenters. The Morgan fingerprint density at radius 3 is 2.17 bits per heavy atom. The number of hydrogen-bond acceptors (Lipinski definition) is 6. The summed E-state index contributed by atoms with van der Waals surface area (Å²) in [6.45, 7) is 3.25. The molecule has 0 aromatic carbocycles. The molecule has 8 nitrogen and oxygen atoms in total. The number of nitrogens with zero attached hydrogens (tertiary/aromatic N) is 4. The average molecular weight is 354 g/mol. The van der Waals surface area contributed by atoms with Crippen LogP contribution in [0.1, 0.15) is 0 Å². The lowest BCUT2D eigenvalue weighted by Crippen LogP contribution is -2.44. The number of pyridine rings is 1. The highest BCUT2D eigenvalue weighted by Gasteiger charge is 2.38. The predicted molar refractivity (Wildman–Crippen MR) is 74.3 cm³/mol. The summed E-state index contributed by atoms with van der Waals surface area (Å²) in [5, 5.41) is 17.6. The van der Waals surface area contributed by atoms with E-state index >= 15 is 0 Å². The molecule has 2 heterocycles. The molecule has 0 amide bonds. The zero-order valence-electron chi connectivity index (χ0n) is 12.5. The normalized spacial score (nSPS) is 15.5. The van der Waals surface area contributed by atoms with Gasteiger partial charge < -0.3 is 14.9 Å². The molecule has 1 saturated heterocycles. The SMILES string of the molecule is CN1CCN(c2ccc([N+](=O)[O-])c(F)n2)CC1.O=C(O)C(F)(F)F. The van der Waals surface area contributed by atoms with Crippen molar-refractivity contribution in [2.75, 3.05) is 38.1 Å². The second kappa shape index (κ2) is 7.86. The zero-order valence-corrected chi connectivity index (χ0v) is 12.5. The van der Waals surface area contributed by atoms with Crippen molar-refractivity contribution in [3.63, 3.8) is 0 Å². The summed E-state index contributed by atoms with van der Waals surface area (Å²) in [4.78, 5) is 26.3. The maximum atomic E-state index is 13.3. The lowest BCUT2D eigenvalue weighted by Gasteiger charge is -2.33. The van der Waals surface area contributed by atoms with E-state index in [1.54, 1.807) is 0 Å². The van der Waals surface area contributed by atoms with Gasteiger partial charge in [0.2, 0.25) is 0 Å². The summed E-state index contributed by atoms with van der Waals surface area (Å²) in [5.74, 6) is -3.32. The molecule has 12 heteroatoms. The van der Waals surface area contributed by atoms with E-state index in [0.717, 1.165) is 32.2 Å². The van der Waals surface area contributed by atoms with Crippen molar-refractivity contribution < 1.29 is 32.4 Å². The van der Waals surface area contributed by atoms with Gasteiger partial charge in [-0.15, -0.1) is 0 Å². The highest BCUT2D eigenvalue weighted by Crippen LogP contribution is 2.20. The quantitative estimate of drug-likeness (QED) is 0.372. The van der Waals surface area contributed by atoms with Gasteiger partial charge in [0.15, 0.2) is 0 Å². The highest BCUT2D eigenvalue weighted by atomic mass is 19.4. The molecule has 0 bridgehead atoms. The molecule has 1 aromatic heterocycles. The minimum atomic E-state index is -5.08. The van der Waals surface area contributed by atoms with E-state index in [-0.39, 0.29) is 0 Å². The Bertz CT molecular complexity index is 603. The molecule has 0 aliphatic carbocycles. The third-order valence-electron chi connectivity index (χ3n) is 3.08. The molecule has 0 radical (unpaired) electrons. The van der Waals surface area contributed by atoms with Gasteiger partial charge in [-0.3, -0.25) is 10.1 Å². The Labute approximate surface area is 133 Å². The molecular weight excluding hydrogens is 340 g/mol. The van der Waals surface area contributed by atoms with E-state index in [0.29, 0.717) is 5.82 Å². The standard InChI is InChI=1S/C10H13FN4O2.C2HF3O2/c1-13-4-6-14(7-5-13)9-3-2-8(15(16)17)10(11)12-9;3-2(4,5)1(6)7/h2-3H,4-7H2,1H3;(H,6,7). The van der Waals surface area contributed by atoms with Crippen LogP contribution in [0.4, 0.5) is 29.1 Å². The summed E-state index contributed by atoms with van der Waals surface area (Å²) < 4.78 is 45.1. The Morgan fingerprint density at radius 2 is 1.79 bits per heavy atom. The smallest absolute Gasteiger partial charge is 0.475 e. The van der Waals surface area contributed by atoms with Crippen LogP contribution in [0.15, 0.2) is 12.1 Å². The number of carbonyl (C=O) groups is 1. The van der Waals surface area contributed by atoms with Gasteiger partial charge in [-0.1, -0.05) is 0 Å². The van der Waals surface area contributed by atoms with E-state index in [1.807, 2.05) is 11.9 Å². The Hall–Kier alpha value is -2.50. The van der Waals surface area contributed by atoms with Gasteiger partial charge in [0, 0.05) is 32.2 Å². The van der Waals surface area contributed by atoms with Crippen LogP contribution >= 0.6 is 0 Å². The summed E-state index contributed by atoms with van der Waals surface area (Å²) in [7, 11) is 2.02. The number of nitro groups is 1. The van der Waals surface area contributed by atoms with Gasteiger partial charge >= 0.3 is 17.8 Å². The van der Waals surface area contributed by atoms with E-state index < -0.39 is 28.7 Å². The molecule has 1 aliphatic heterocycles. The summed E-state index contributed by atoms with van der Waals surface area (Å²) in [5.41, 5.74) is -0.581. The summed E-state index contributed by atoms with van der Waals surface area (Å²) in [6.07, 6.45) is -5.08. The first kappa shape index (κ1) is 19.5. The maximum Gasteiger partial charge on any atom is 0.490 e. The molecule has 24 heavy (non-hydrogen) atoms. The largest absolute Gasteiger partial charge is 0.490 e. The first-order chi connectivity index (χ1) is 11.0. The summed E-state index contributed by atoms with van der Waals surface area (Å²) >= 11 is 0. The van der Waals surface area contributed by atoms with Crippen LogP contribution < -0.4 is 4.90 Å². The number of rotatable bonds is 2. The van der Waals surface area contributed by atoms with E-state index in [2.05, 4.69) is 9.88 Å². The monoisotopic (exact) mass is 354 g/mol. The number of alkyl halides is 3. The van der Waals surface area contributed by atoms with E-state index in [1.165, 1.54) is 6.07 Å². The van der Waals surface area contributed by atoms with Gasteiger partial charge in [0.05, 0.1) is 4.92 Å². The van der Waals surface area contributed by atoms with Gasteiger partial charge in [-0.05, 0) is 13.1 Å². The number of anilines is 1. The van der Waals surface area contributed by atoms with Crippen molar-refractivity contribution in [3.05, 3.63) is 28.2 Å². The van der Waals surface area contributed by atoms with E-state index in [9.17, 15) is 27.7 Å². The number of aromatic nitrogens is 1. The van der Waals surface area contributed by atoms with Crippen LogP contribution in [0.5, 0.6) is 0 Å². The second-order valence-electron chi connectivity index (χ2n) is 4.83. The number of carboxylic acid groups (broad SMARTS) is 1. The number of halogens is 4. The highest BCUT2D eigenvalue weighted by molar-refractivity contribution is 5.73. The number of piperazine rings is 1. The van der Waals surface area contributed by atoms with Crippen molar-refractivity contribution >= 4 is 17.5 Å². The van der Waals surface area contributed by atoms with Crippen LogP contribution in [0.2, 0.25) is 0 Å². The maximum absolute atomic E-state index is 13.3. The lowest BCUT2D eigenvalue weighted by atomic mass is 10.3.